The fourth-order valence-corrected chi connectivity index (χ4v) is 0.932. The molecule has 1 aromatic heterocycles. The third-order valence-electron chi connectivity index (χ3n) is 1.13. The quantitative estimate of drug-likeness (QED) is 0.557. The van der Waals surface area contributed by atoms with E-state index in [1.54, 1.807) is 25.3 Å². The predicted octanol–water partition coefficient (Wildman–Crippen LogP) is -0.681. The lowest BCUT2D eigenvalue weighted by Gasteiger charge is -2.11. The molecule has 0 saturated heterocycles. The van der Waals surface area contributed by atoms with Crippen LogP contribution in [0, 0.1) is 0 Å². The largest absolute Gasteiger partial charge is 0.767 e. The van der Waals surface area contributed by atoms with Gasteiger partial charge in [-0.2, -0.15) is 4.79 Å². The first-order valence-electron chi connectivity index (χ1n) is 2.94. The summed E-state index contributed by atoms with van der Waals surface area (Å²) < 4.78 is 20.7. The first-order chi connectivity index (χ1) is 5.11. The molecule has 0 spiro atoms. The van der Waals surface area contributed by atoms with E-state index < -0.39 is 11.1 Å². The van der Waals surface area contributed by atoms with Crippen molar-refractivity contribution in [1.82, 2.24) is 9.89 Å². The summed E-state index contributed by atoms with van der Waals surface area (Å²) >= 11 is -2.23. The Morgan fingerprint density at radius 2 is 2.36 bits per heavy atom. The maximum atomic E-state index is 10.3. The average Bonchev–Trinajstić information content (AvgIpc) is 2.33. The van der Waals surface area contributed by atoms with Gasteiger partial charge in [0.1, 0.15) is 5.03 Å². The molecule has 62 valence electrons. The Morgan fingerprint density at radius 3 is 2.64 bits per heavy atom. The monoisotopic (exact) mass is 174 g/mol. The molecule has 0 aromatic carbocycles. The topological polar surface area (TPSA) is 61.2 Å². The molecule has 1 unspecified atom stereocenters. The molecule has 0 amide bonds. The smallest absolute Gasteiger partial charge is 0.137 e. The van der Waals surface area contributed by atoms with Gasteiger partial charge in [-0.1, -0.05) is 0 Å². The Hall–Kier alpha value is -0.880. The second-order valence-electron chi connectivity index (χ2n) is 2.16. The molecule has 1 atom stereocenters. The number of hydrogen-bond acceptors (Lipinski definition) is 4. The van der Waals surface area contributed by atoms with E-state index in [0.717, 1.165) is 0 Å². The molecule has 11 heavy (non-hydrogen) atoms. The first-order valence-corrected chi connectivity index (χ1v) is 4.01. The van der Waals surface area contributed by atoms with Crippen molar-refractivity contribution >= 4 is 11.1 Å². The summed E-state index contributed by atoms with van der Waals surface area (Å²) in [6.07, 6.45) is 1.57. The Balaban J connectivity index is 2.90. The van der Waals surface area contributed by atoms with E-state index in [2.05, 4.69) is 5.10 Å². The van der Waals surface area contributed by atoms with Gasteiger partial charge >= 0.3 is 0 Å². The van der Waals surface area contributed by atoms with Crippen molar-refractivity contribution in [3.8, 4) is 0 Å². The molecule has 0 N–H and O–H groups in total. The van der Waals surface area contributed by atoms with Crippen LogP contribution in [0.25, 0.3) is 0 Å². The fraction of sp³-hybridized carbons (Fsp3) is 0.400. The van der Waals surface area contributed by atoms with Crippen molar-refractivity contribution < 1.29 is 8.76 Å². The molecule has 0 aliphatic rings. The number of aromatic nitrogens is 2. The molecule has 0 radical (unpaired) electrons. The SMILES string of the molecule is CN(C)n1ccc(S(=O)[O-])n1. The van der Waals surface area contributed by atoms with Crippen LogP contribution < -0.4 is 5.01 Å². The second-order valence-corrected chi connectivity index (χ2v) is 3.04. The summed E-state index contributed by atoms with van der Waals surface area (Å²) in [4.78, 5) is 1.44. The minimum Gasteiger partial charge on any atom is -0.767 e. The van der Waals surface area contributed by atoms with E-state index in [1.807, 2.05) is 0 Å². The Labute approximate surface area is 66.9 Å². The van der Waals surface area contributed by atoms with Crippen LogP contribution in [-0.4, -0.2) is 32.7 Å². The number of nitrogens with zero attached hydrogens (tertiary/aromatic N) is 3. The average molecular weight is 174 g/mol. The number of hydrogen-bond donors (Lipinski definition) is 0. The lowest BCUT2D eigenvalue weighted by Crippen LogP contribution is -2.25. The molecular formula is C5H8N3O2S-. The molecule has 0 aliphatic carbocycles. The molecule has 0 bridgehead atoms. The zero-order chi connectivity index (χ0) is 8.43. The zero-order valence-electron chi connectivity index (χ0n) is 6.22. The summed E-state index contributed by atoms with van der Waals surface area (Å²) in [5.74, 6) is 0. The van der Waals surface area contributed by atoms with Gasteiger partial charge < -0.3 is 9.56 Å². The fourth-order valence-electron chi connectivity index (χ4n) is 0.610. The van der Waals surface area contributed by atoms with Crippen LogP contribution in [0.2, 0.25) is 0 Å². The van der Waals surface area contributed by atoms with Crippen molar-refractivity contribution in [3.63, 3.8) is 0 Å². The van der Waals surface area contributed by atoms with Gasteiger partial charge in [0.2, 0.25) is 0 Å². The zero-order valence-corrected chi connectivity index (χ0v) is 7.04. The van der Waals surface area contributed by atoms with Crippen molar-refractivity contribution in [2.24, 2.45) is 0 Å². The van der Waals surface area contributed by atoms with E-state index in [9.17, 15) is 8.76 Å². The lowest BCUT2D eigenvalue weighted by atomic mass is 10.8. The minimum absolute atomic E-state index is 0.0544. The number of rotatable bonds is 2. The normalized spacial score (nSPS) is 13.0. The maximum absolute atomic E-state index is 10.3. The van der Waals surface area contributed by atoms with Gasteiger partial charge in [-0.05, 0) is 17.1 Å². The maximum Gasteiger partial charge on any atom is 0.137 e. The van der Waals surface area contributed by atoms with Crippen LogP contribution in [0.15, 0.2) is 17.3 Å². The van der Waals surface area contributed by atoms with E-state index in [1.165, 1.54) is 10.9 Å². The molecule has 6 heteroatoms. The standard InChI is InChI=1S/C5H9N3O2S/c1-7(2)8-4-3-5(6-8)11(9)10/h3-4H,1-2H3,(H,9,10)/p-1. The van der Waals surface area contributed by atoms with Crippen molar-refractivity contribution in [2.45, 2.75) is 5.03 Å². The highest BCUT2D eigenvalue weighted by atomic mass is 32.2. The van der Waals surface area contributed by atoms with Crippen LogP contribution in [0.5, 0.6) is 0 Å². The third kappa shape index (κ3) is 1.78. The molecule has 0 saturated carbocycles. The third-order valence-corrected chi connectivity index (χ3v) is 1.69. The second kappa shape index (κ2) is 3.02. The molecule has 1 heterocycles. The van der Waals surface area contributed by atoms with Crippen molar-refractivity contribution in [3.05, 3.63) is 12.3 Å². The molecule has 0 aliphatic heterocycles. The molecule has 0 fully saturated rings. The van der Waals surface area contributed by atoms with Gasteiger partial charge in [0.15, 0.2) is 0 Å². The van der Waals surface area contributed by atoms with Gasteiger partial charge in [0, 0.05) is 20.3 Å². The van der Waals surface area contributed by atoms with Crippen LogP contribution in [0.4, 0.5) is 0 Å². The van der Waals surface area contributed by atoms with E-state index in [-0.39, 0.29) is 5.03 Å². The Bertz CT molecular complexity index is 270. The lowest BCUT2D eigenvalue weighted by molar-refractivity contribution is 0.527. The van der Waals surface area contributed by atoms with Crippen LogP contribution in [-0.2, 0) is 11.1 Å². The van der Waals surface area contributed by atoms with E-state index in [4.69, 9.17) is 0 Å². The highest BCUT2D eigenvalue weighted by Gasteiger charge is 1.98. The van der Waals surface area contributed by atoms with Gasteiger partial charge in [0.25, 0.3) is 0 Å². The summed E-state index contributed by atoms with van der Waals surface area (Å²) in [6.45, 7) is 0. The minimum atomic E-state index is -2.23. The summed E-state index contributed by atoms with van der Waals surface area (Å²) in [5.41, 5.74) is 0. The van der Waals surface area contributed by atoms with Crippen LogP contribution in [0.1, 0.15) is 0 Å². The highest BCUT2D eigenvalue weighted by Crippen LogP contribution is 1.98. The van der Waals surface area contributed by atoms with E-state index in [0.29, 0.717) is 0 Å². The molecule has 1 aromatic rings. The first kappa shape index (κ1) is 8.22. The Kier molecular flexibility index (Phi) is 2.25. The predicted molar refractivity (Wildman–Crippen MR) is 39.5 cm³/mol. The summed E-state index contributed by atoms with van der Waals surface area (Å²) in [7, 11) is 3.54. The van der Waals surface area contributed by atoms with Crippen molar-refractivity contribution in [1.29, 1.82) is 0 Å². The Morgan fingerprint density at radius 1 is 1.73 bits per heavy atom. The molecular weight excluding hydrogens is 166 g/mol. The van der Waals surface area contributed by atoms with Crippen LogP contribution in [0.3, 0.4) is 0 Å². The molecule has 1 rings (SSSR count). The van der Waals surface area contributed by atoms with Gasteiger partial charge in [-0.15, -0.1) is 5.10 Å². The van der Waals surface area contributed by atoms with Crippen LogP contribution >= 0.6 is 0 Å². The van der Waals surface area contributed by atoms with E-state index >= 15 is 0 Å². The van der Waals surface area contributed by atoms with Gasteiger partial charge in [-0.3, -0.25) is 4.21 Å². The van der Waals surface area contributed by atoms with Crippen molar-refractivity contribution in [2.75, 3.05) is 19.1 Å². The van der Waals surface area contributed by atoms with Gasteiger partial charge in [0.05, 0.1) is 0 Å². The highest BCUT2D eigenvalue weighted by molar-refractivity contribution is 7.79. The summed E-state index contributed by atoms with van der Waals surface area (Å²) in [6, 6.07) is 1.43. The summed E-state index contributed by atoms with van der Waals surface area (Å²) in [5, 5.41) is 5.46. The van der Waals surface area contributed by atoms with Gasteiger partial charge in [-0.25, -0.2) is 0 Å². The molecule has 5 nitrogen and oxygen atoms in total.